The predicted octanol–water partition coefficient (Wildman–Crippen LogP) is 5.48. The molecule has 1 aromatic heterocycles. The minimum absolute atomic E-state index is 0.000866. The third-order valence-corrected chi connectivity index (χ3v) is 6.85. The molecule has 0 radical (unpaired) electrons. The Morgan fingerprint density at radius 3 is 2.63 bits per heavy atom. The van der Waals surface area contributed by atoms with E-state index in [1.807, 2.05) is 0 Å². The quantitative estimate of drug-likeness (QED) is 0.275. The van der Waals surface area contributed by atoms with Crippen LogP contribution in [0.1, 0.15) is 27.2 Å². The SMILES string of the molecule is C=CC(=O)Nc1cc2c(Nc3ccc(F)c(Cl)c3)ncnc2cc1OCCCN1CCN(C(C)(C)C)CC1. The molecule has 1 amide bonds. The first kappa shape index (κ1) is 27.8. The van der Waals surface area contributed by atoms with Gasteiger partial charge in [0, 0.05) is 55.4 Å². The van der Waals surface area contributed by atoms with Crippen LogP contribution < -0.4 is 15.4 Å². The molecule has 1 fully saturated rings. The minimum atomic E-state index is -0.506. The van der Waals surface area contributed by atoms with Crippen LogP contribution in [0.15, 0.2) is 49.3 Å². The van der Waals surface area contributed by atoms with Crippen LogP contribution in [0.4, 0.5) is 21.6 Å². The molecule has 1 aliphatic rings. The van der Waals surface area contributed by atoms with Gasteiger partial charge in [0.25, 0.3) is 0 Å². The van der Waals surface area contributed by atoms with Crippen LogP contribution in [0, 0.1) is 5.82 Å². The number of rotatable bonds is 9. The molecule has 202 valence electrons. The van der Waals surface area contributed by atoms with Gasteiger partial charge in [0.05, 0.1) is 22.8 Å². The van der Waals surface area contributed by atoms with Crippen LogP contribution in [-0.2, 0) is 4.79 Å². The fourth-order valence-electron chi connectivity index (χ4n) is 4.41. The summed E-state index contributed by atoms with van der Waals surface area (Å²) in [7, 11) is 0. The summed E-state index contributed by atoms with van der Waals surface area (Å²) in [6, 6.07) is 7.85. The van der Waals surface area contributed by atoms with Gasteiger partial charge in [-0.1, -0.05) is 18.2 Å². The Labute approximate surface area is 227 Å². The number of aromatic nitrogens is 2. The maximum Gasteiger partial charge on any atom is 0.247 e. The number of amides is 1. The largest absolute Gasteiger partial charge is 0.491 e. The second kappa shape index (κ2) is 12.1. The summed E-state index contributed by atoms with van der Waals surface area (Å²) < 4.78 is 19.7. The van der Waals surface area contributed by atoms with Crippen LogP contribution in [-0.4, -0.2) is 70.5 Å². The zero-order chi connectivity index (χ0) is 27.3. The third kappa shape index (κ3) is 6.98. The normalized spacial score (nSPS) is 14.9. The van der Waals surface area contributed by atoms with Crippen molar-refractivity contribution in [2.75, 3.05) is 50.0 Å². The van der Waals surface area contributed by atoms with E-state index in [0.29, 0.717) is 40.5 Å². The van der Waals surface area contributed by atoms with E-state index in [0.717, 1.165) is 39.1 Å². The number of halogens is 2. The number of hydrogen-bond donors (Lipinski definition) is 2. The van der Waals surface area contributed by atoms with Crippen LogP contribution >= 0.6 is 11.6 Å². The van der Waals surface area contributed by atoms with E-state index in [4.69, 9.17) is 16.3 Å². The van der Waals surface area contributed by atoms with E-state index in [-0.39, 0.29) is 16.5 Å². The second-order valence-electron chi connectivity index (χ2n) is 10.2. The maximum absolute atomic E-state index is 13.6. The number of carbonyl (C=O) groups excluding carboxylic acids is 1. The molecule has 4 rings (SSSR count). The molecule has 2 N–H and O–H groups in total. The van der Waals surface area contributed by atoms with Crippen molar-refractivity contribution in [3.63, 3.8) is 0 Å². The molecule has 10 heteroatoms. The molecule has 2 heterocycles. The molecule has 8 nitrogen and oxygen atoms in total. The smallest absolute Gasteiger partial charge is 0.247 e. The fourth-order valence-corrected chi connectivity index (χ4v) is 4.59. The van der Waals surface area contributed by atoms with Gasteiger partial charge in [-0.25, -0.2) is 14.4 Å². The molecule has 1 aliphatic heterocycles. The zero-order valence-electron chi connectivity index (χ0n) is 22.1. The van der Waals surface area contributed by atoms with Crippen molar-refractivity contribution in [1.29, 1.82) is 0 Å². The summed E-state index contributed by atoms with van der Waals surface area (Å²) in [4.78, 5) is 25.8. The molecule has 0 bridgehead atoms. The first-order valence-electron chi connectivity index (χ1n) is 12.7. The highest BCUT2D eigenvalue weighted by atomic mass is 35.5. The summed E-state index contributed by atoms with van der Waals surface area (Å²) in [6.07, 6.45) is 3.48. The van der Waals surface area contributed by atoms with Crippen LogP contribution in [0.2, 0.25) is 5.02 Å². The number of nitrogens with zero attached hydrogens (tertiary/aromatic N) is 4. The van der Waals surface area contributed by atoms with E-state index in [9.17, 15) is 9.18 Å². The van der Waals surface area contributed by atoms with Gasteiger partial charge in [0.2, 0.25) is 5.91 Å². The standard InChI is InChI=1S/C28H34ClFN6O2/c1-5-26(37)34-24-16-20-23(31-18-32-27(20)33-19-7-8-22(30)21(29)15-19)17-25(24)38-14-6-9-35-10-12-36(13-11-35)28(2,3)4/h5,7-8,15-18H,1,6,9-14H2,2-4H3,(H,34,37)(H,31,32,33). The molecule has 0 aliphatic carbocycles. The van der Waals surface area contributed by atoms with E-state index in [1.165, 1.54) is 24.5 Å². The Bertz CT molecular complexity index is 1300. The Kier molecular flexibility index (Phi) is 8.81. The second-order valence-corrected chi connectivity index (χ2v) is 10.6. The van der Waals surface area contributed by atoms with Gasteiger partial charge in [0.15, 0.2) is 0 Å². The lowest BCUT2D eigenvalue weighted by Crippen LogP contribution is -2.53. The number of nitrogens with one attached hydrogen (secondary N) is 2. The number of hydrogen-bond acceptors (Lipinski definition) is 7. The highest BCUT2D eigenvalue weighted by molar-refractivity contribution is 6.31. The number of carbonyl (C=O) groups is 1. The lowest BCUT2D eigenvalue weighted by molar-refractivity contribution is -0.111. The van der Waals surface area contributed by atoms with Crippen molar-refractivity contribution in [3.05, 3.63) is 60.2 Å². The van der Waals surface area contributed by atoms with Crippen molar-refractivity contribution in [2.24, 2.45) is 0 Å². The summed E-state index contributed by atoms with van der Waals surface area (Å²) >= 11 is 5.93. The molecular formula is C28H34ClFN6O2. The highest BCUT2D eigenvalue weighted by Crippen LogP contribution is 2.34. The van der Waals surface area contributed by atoms with Crippen molar-refractivity contribution >= 4 is 45.6 Å². The van der Waals surface area contributed by atoms with Gasteiger partial charge in [-0.05, 0) is 57.5 Å². The van der Waals surface area contributed by atoms with Crippen LogP contribution in [0.5, 0.6) is 5.75 Å². The summed E-state index contributed by atoms with van der Waals surface area (Å²) in [5.74, 6) is 0.128. The van der Waals surface area contributed by atoms with Gasteiger partial charge in [-0.15, -0.1) is 0 Å². The summed E-state index contributed by atoms with van der Waals surface area (Å²) in [5.41, 5.74) is 1.87. The molecule has 0 atom stereocenters. The average molecular weight is 541 g/mol. The average Bonchev–Trinajstić information content (AvgIpc) is 2.89. The number of benzene rings is 2. The molecule has 0 saturated carbocycles. The third-order valence-electron chi connectivity index (χ3n) is 6.56. The van der Waals surface area contributed by atoms with Crippen molar-refractivity contribution in [3.8, 4) is 5.75 Å². The first-order chi connectivity index (χ1) is 18.1. The van der Waals surface area contributed by atoms with Gasteiger partial charge in [0.1, 0.15) is 23.7 Å². The van der Waals surface area contributed by atoms with Crippen molar-refractivity contribution in [1.82, 2.24) is 19.8 Å². The predicted molar refractivity (Wildman–Crippen MR) is 151 cm³/mol. The van der Waals surface area contributed by atoms with E-state index in [1.54, 1.807) is 18.2 Å². The number of ether oxygens (including phenoxy) is 1. The van der Waals surface area contributed by atoms with E-state index < -0.39 is 5.82 Å². The van der Waals surface area contributed by atoms with Crippen molar-refractivity contribution in [2.45, 2.75) is 32.7 Å². The lowest BCUT2D eigenvalue weighted by Gasteiger charge is -2.42. The van der Waals surface area contributed by atoms with E-state index in [2.05, 4.69) is 57.8 Å². The Balaban J connectivity index is 1.46. The Morgan fingerprint density at radius 2 is 1.95 bits per heavy atom. The molecule has 1 saturated heterocycles. The number of fused-ring (bicyclic) bond motifs is 1. The summed E-state index contributed by atoms with van der Waals surface area (Å²) in [6.45, 7) is 15.9. The van der Waals surface area contributed by atoms with Gasteiger partial charge in [-0.3, -0.25) is 9.69 Å². The zero-order valence-corrected chi connectivity index (χ0v) is 22.8. The highest BCUT2D eigenvalue weighted by Gasteiger charge is 2.25. The monoisotopic (exact) mass is 540 g/mol. The molecule has 0 spiro atoms. The molecule has 0 unspecified atom stereocenters. The topological polar surface area (TPSA) is 82.6 Å². The minimum Gasteiger partial charge on any atom is -0.491 e. The first-order valence-corrected chi connectivity index (χ1v) is 13.1. The molecular weight excluding hydrogens is 507 g/mol. The lowest BCUT2D eigenvalue weighted by atomic mass is 10.0. The number of piperazine rings is 1. The Hall–Kier alpha value is -3.27. The molecule has 2 aromatic carbocycles. The fraction of sp³-hybridized carbons (Fsp3) is 0.393. The van der Waals surface area contributed by atoms with Crippen LogP contribution in [0.25, 0.3) is 10.9 Å². The van der Waals surface area contributed by atoms with Gasteiger partial charge < -0.3 is 20.3 Å². The molecule has 38 heavy (non-hydrogen) atoms. The molecule has 3 aromatic rings. The maximum atomic E-state index is 13.6. The Morgan fingerprint density at radius 1 is 1.18 bits per heavy atom. The van der Waals surface area contributed by atoms with Gasteiger partial charge >= 0.3 is 0 Å². The van der Waals surface area contributed by atoms with Crippen LogP contribution in [0.3, 0.4) is 0 Å². The summed E-state index contributed by atoms with van der Waals surface area (Å²) in [5, 5.41) is 6.61. The number of anilines is 3. The van der Waals surface area contributed by atoms with Gasteiger partial charge in [-0.2, -0.15) is 0 Å². The van der Waals surface area contributed by atoms with E-state index >= 15 is 0 Å². The van der Waals surface area contributed by atoms with Crippen molar-refractivity contribution < 1.29 is 13.9 Å².